The number of ether oxygens (including phenoxy) is 1. The van der Waals surface area contributed by atoms with Crippen molar-refractivity contribution in [3.05, 3.63) is 12.3 Å². The predicted octanol–water partition coefficient (Wildman–Crippen LogP) is 1.57. The first-order chi connectivity index (χ1) is 9.91. The number of anilines is 1. The lowest BCUT2D eigenvalue weighted by atomic mass is 9.94. The zero-order valence-corrected chi connectivity index (χ0v) is 13.3. The SMILES string of the molecule is CCOc1ccnc(N2CCN(C(=O)C(C)(C)C)CC2)n1. The van der Waals surface area contributed by atoms with E-state index in [2.05, 4.69) is 14.9 Å². The molecule has 116 valence electrons. The Labute approximate surface area is 126 Å². The Kier molecular flexibility index (Phi) is 4.65. The maximum absolute atomic E-state index is 12.3. The molecule has 0 unspecified atom stereocenters. The summed E-state index contributed by atoms with van der Waals surface area (Å²) in [6.45, 7) is 11.3. The number of aromatic nitrogens is 2. The summed E-state index contributed by atoms with van der Waals surface area (Å²) in [5, 5.41) is 0. The molecule has 0 bridgehead atoms. The molecular weight excluding hydrogens is 268 g/mol. The molecule has 2 rings (SSSR count). The van der Waals surface area contributed by atoms with Gasteiger partial charge in [-0.15, -0.1) is 0 Å². The third kappa shape index (κ3) is 3.83. The fraction of sp³-hybridized carbons (Fsp3) is 0.667. The van der Waals surface area contributed by atoms with E-state index in [0.717, 1.165) is 13.1 Å². The van der Waals surface area contributed by atoms with E-state index in [1.54, 1.807) is 12.3 Å². The van der Waals surface area contributed by atoms with Crippen LogP contribution in [0.2, 0.25) is 0 Å². The van der Waals surface area contributed by atoms with Crippen LogP contribution in [-0.4, -0.2) is 53.6 Å². The molecule has 0 atom stereocenters. The third-order valence-corrected chi connectivity index (χ3v) is 3.40. The quantitative estimate of drug-likeness (QED) is 0.846. The number of nitrogens with zero attached hydrogens (tertiary/aromatic N) is 4. The van der Waals surface area contributed by atoms with Gasteiger partial charge in [-0.2, -0.15) is 4.98 Å². The number of hydrogen-bond acceptors (Lipinski definition) is 5. The van der Waals surface area contributed by atoms with Gasteiger partial charge in [0.15, 0.2) is 0 Å². The fourth-order valence-corrected chi connectivity index (χ4v) is 2.30. The van der Waals surface area contributed by atoms with Crippen LogP contribution in [0.5, 0.6) is 5.88 Å². The minimum atomic E-state index is -0.326. The Morgan fingerprint density at radius 1 is 1.29 bits per heavy atom. The van der Waals surface area contributed by atoms with Gasteiger partial charge < -0.3 is 14.5 Å². The molecule has 21 heavy (non-hydrogen) atoms. The molecular formula is C15H24N4O2. The molecule has 0 saturated carbocycles. The molecule has 0 radical (unpaired) electrons. The van der Waals surface area contributed by atoms with Crippen molar-refractivity contribution in [3.63, 3.8) is 0 Å². The van der Waals surface area contributed by atoms with Crippen LogP contribution in [0.1, 0.15) is 27.7 Å². The minimum Gasteiger partial charge on any atom is -0.478 e. The van der Waals surface area contributed by atoms with Crippen molar-refractivity contribution < 1.29 is 9.53 Å². The zero-order valence-electron chi connectivity index (χ0n) is 13.3. The smallest absolute Gasteiger partial charge is 0.228 e. The van der Waals surface area contributed by atoms with Crippen molar-refractivity contribution >= 4 is 11.9 Å². The summed E-state index contributed by atoms with van der Waals surface area (Å²) in [7, 11) is 0. The molecule has 1 aliphatic heterocycles. The van der Waals surface area contributed by atoms with Gasteiger partial charge in [0.05, 0.1) is 6.61 Å². The van der Waals surface area contributed by atoms with Crippen LogP contribution in [0.25, 0.3) is 0 Å². The average Bonchev–Trinajstić information content (AvgIpc) is 2.46. The number of hydrogen-bond donors (Lipinski definition) is 0. The fourth-order valence-electron chi connectivity index (χ4n) is 2.30. The van der Waals surface area contributed by atoms with E-state index in [1.807, 2.05) is 32.6 Å². The van der Waals surface area contributed by atoms with Gasteiger partial charge in [-0.1, -0.05) is 20.8 Å². The normalized spacial score (nSPS) is 16.0. The summed E-state index contributed by atoms with van der Waals surface area (Å²) in [4.78, 5) is 25.0. The first kappa shape index (κ1) is 15.5. The van der Waals surface area contributed by atoms with Gasteiger partial charge in [-0.05, 0) is 6.92 Å². The van der Waals surface area contributed by atoms with Crippen LogP contribution in [-0.2, 0) is 4.79 Å². The van der Waals surface area contributed by atoms with Crippen molar-refractivity contribution in [3.8, 4) is 5.88 Å². The summed E-state index contributed by atoms with van der Waals surface area (Å²) in [5.41, 5.74) is -0.326. The first-order valence-corrected chi connectivity index (χ1v) is 7.42. The van der Waals surface area contributed by atoms with Crippen molar-refractivity contribution in [2.45, 2.75) is 27.7 Å². The number of piperazine rings is 1. The van der Waals surface area contributed by atoms with Crippen molar-refractivity contribution in [1.29, 1.82) is 0 Å². The minimum absolute atomic E-state index is 0.200. The zero-order chi connectivity index (χ0) is 15.5. The topological polar surface area (TPSA) is 58.6 Å². The lowest BCUT2D eigenvalue weighted by Gasteiger charge is -2.37. The number of carbonyl (C=O) groups excluding carboxylic acids is 1. The standard InChI is InChI=1S/C15H24N4O2/c1-5-21-12-6-7-16-14(17-12)19-10-8-18(9-11-19)13(20)15(2,3)4/h6-7H,5,8-11H2,1-4H3. The molecule has 0 spiro atoms. The molecule has 0 aliphatic carbocycles. The van der Waals surface area contributed by atoms with E-state index in [9.17, 15) is 4.79 Å². The Balaban J connectivity index is 1.98. The Morgan fingerprint density at radius 2 is 1.95 bits per heavy atom. The van der Waals surface area contributed by atoms with E-state index in [4.69, 9.17) is 4.74 Å². The maximum atomic E-state index is 12.3. The molecule has 1 aromatic rings. The second-order valence-electron chi connectivity index (χ2n) is 6.16. The summed E-state index contributed by atoms with van der Waals surface area (Å²) in [6.07, 6.45) is 1.71. The highest BCUT2D eigenvalue weighted by molar-refractivity contribution is 5.81. The van der Waals surface area contributed by atoms with Crippen molar-refractivity contribution in [1.82, 2.24) is 14.9 Å². The van der Waals surface area contributed by atoms with E-state index < -0.39 is 0 Å². The van der Waals surface area contributed by atoms with Crippen LogP contribution in [0.3, 0.4) is 0 Å². The molecule has 0 N–H and O–H groups in total. The second-order valence-corrected chi connectivity index (χ2v) is 6.16. The van der Waals surface area contributed by atoms with E-state index in [-0.39, 0.29) is 11.3 Å². The van der Waals surface area contributed by atoms with Gasteiger partial charge in [0.1, 0.15) is 0 Å². The summed E-state index contributed by atoms with van der Waals surface area (Å²) < 4.78 is 5.40. The van der Waals surface area contributed by atoms with Crippen molar-refractivity contribution in [2.24, 2.45) is 5.41 Å². The van der Waals surface area contributed by atoms with Crippen LogP contribution in [0, 0.1) is 5.41 Å². The molecule has 1 aromatic heterocycles. The number of rotatable bonds is 3. The van der Waals surface area contributed by atoms with E-state index in [0.29, 0.717) is 31.5 Å². The second kappa shape index (κ2) is 6.28. The van der Waals surface area contributed by atoms with Gasteiger partial charge in [0.25, 0.3) is 0 Å². The van der Waals surface area contributed by atoms with Crippen LogP contribution < -0.4 is 9.64 Å². The summed E-state index contributed by atoms with van der Waals surface area (Å²) in [5.74, 6) is 1.46. The molecule has 1 fully saturated rings. The van der Waals surface area contributed by atoms with Crippen molar-refractivity contribution in [2.75, 3.05) is 37.7 Å². The molecule has 6 heteroatoms. The van der Waals surface area contributed by atoms with Gasteiger partial charge in [-0.25, -0.2) is 4.98 Å². The monoisotopic (exact) mass is 292 g/mol. The van der Waals surface area contributed by atoms with Gasteiger partial charge >= 0.3 is 0 Å². The lowest BCUT2D eigenvalue weighted by Crippen LogP contribution is -2.52. The highest BCUT2D eigenvalue weighted by Gasteiger charge is 2.30. The van der Waals surface area contributed by atoms with E-state index >= 15 is 0 Å². The lowest BCUT2D eigenvalue weighted by molar-refractivity contribution is -0.139. The van der Waals surface area contributed by atoms with E-state index in [1.165, 1.54) is 0 Å². The average molecular weight is 292 g/mol. The summed E-state index contributed by atoms with van der Waals surface area (Å²) in [6, 6.07) is 1.76. The van der Waals surface area contributed by atoms with Crippen LogP contribution >= 0.6 is 0 Å². The highest BCUT2D eigenvalue weighted by atomic mass is 16.5. The van der Waals surface area contributed by atoms with Crippen LogP contribution in [0.15, 0.2) is 12.3 Å². The Bertz CT molecular complexity index is 491. The Morgan fingerprint density at radius 3 is 2.52 bits per heavy atom. The predicted molar refractivity (Wildman–Crippen MR) is 81.4 cm³/mol. The van der Waals surface area contributed by atoms with Crippen LogP contribution in [0.4, 0.5) is 5.95 Å². The third-order valence-electron chi connectivity index (χ3n) is 3.40. The molecule has 1 amide bonds. The molecule has 1 saturated heterocycles. The Hall–Kier alpha value is -1.85. The molecule has 0 aromatic carbocycles. The van der Waals surface area contributed by atoms with Gasteiger partial charge in [0.2, 0.25) is 17.7 Å². The number of carbonyl (C=O) groups is 1. The van der Waals surface area contributed by atoms with Gasteiger partial charge in [-0.3, -0.25) is 4.79 Å². The van der Waals surface area contributed by atoms with Gasteiger partial charge in [0, 0.05) is 43.9 Å². The molecule has 6 nitrogen and oxygen atoms in total. The number of amides is 1. The maximum Gasteiger partial charge on any atom is 0.228 e. The summed E-state index contributed by atoms with van der Waals surface area (Å²) >= 11 is 0. The molecule has 2 heterocycles. The molecule has 1 aliphatic rings. The first-order valence-electron chi connectivity index (χ1n) is 7.42. The largest absolute Gasteiger partial charge is 0.478 e. The highest BCUT2D eigenvalue weighted by Crippen LogP contribution is 2.20.